The predicted molar refractivity (Wildman–Crippen MR) is 190 cm³/mol. The van der Waals surface area contributed by atoms with Crippen LogP contribution in [0.4, 0.5) is 11.5 Å². The first-order valence-electron chi connectivity index (χ1n) is 16.8. The van der Waals surface area contributed by atoms with Crippen LogP contribution in [0.25, 0.3) is 10.8 Å². The number of hydrogen-bond donors (Lipinski definition) is 1. The average molecular weight is 648 g/mol. The highest BCUT2D eigenvalue weighted by molar-refractivity contribution is 5.97. The molecular weight excluding hydrogens is 602 g/mol. The highest BCUT2D eigenvalue weighted by atomic mass is 16.5. The average Bonchev–Trinajstić information content (AvgIpc) is 3.52. The number of aromatic nitrogens is 2. The molecule has 11 nitrogen and oxygen atoms in total. The molecule has 3 aliphatic heterocycles. The summed E-state index contributed by atoms with van der Waals surface area (Å²) in [5.74, 6) is 0.691. The van der Waals surface area contributed by atoms with E-state index in [9.17, 15) is 10.1 Å². The number of anilines is 2. The number of allylic oxidation sites excluding steroid dienone is 2. The van der Waals surface area contributed by atoms with Gasteiger partial charge in [-0.1, -0.05) is 30.3 Å². The molecule has 48 heavy (non-hydrogen) atoms. The summed E-state index contributed by atoms with van der Waals surface area (Å²) in [5, 5.41) is 12.2. The van der Waals surface area contributed by atoms with Crippen molar-refractivity contribution in [2.45, 2.75) is 51.2 Å². The summed E-state index contributed by atoms with van der Waals surface area (Å²) in [6.07, 6.45) is 9.41. The standard InChI is InChI=1S/C37H45N9O2/c1-26-7-4-8-28-9-5-11-33(35(26)28)44-18-15-31-32(24-44)41-37(48-25-30-10-6-17-43(30)3)42-36(31)45-19-20-46(29(23-45)14-16-38)34(47)13-12-27(21-39)22-40-2/h4-5,7-9,11-13,21-22,29-30H,6,10,14-15,17-20,23-25,39H2,1-3H3/b13-12+,27-21?,40-22?/t29-,30-/m0/s1. The van der Waals surface area contributed by atoms with Gasteiger partial charge in [-0.2, -0.15) is 15.2 Å². The Labute approximate surface area is 283 Å². The Morgan fingerprint density at radius 3 is 2.69 bits per heavy atom. The van der Waals surface area contributed by atoms with Gasteiger partial charge in [-0.25, -0.2) is 0 Å². The summed E-state index contributed by atoms with van der Waals surface area (Å²) in [6, 6.07) is 15.7. The van der Waals surface area contributed by atoms with Gasteiger partial charge in [0.1, 0.15) is 12.4 Å². The van der Waals surface area contributed by atoms with E-state index in [-0.39, 0.29) is 18.4 Å². The van der Waals surface area contributed by atoms with Gasteiger partial charge in [0.15, 0.2) is 0 Å². The lowest BCUT2D eigenvalue weighted by Crippen LogP contribution is -2.55. The topological polar surface area (TPSA) is 127 Å². The summed E-state index contributed by atoms with van der Waals surface area (Å²) in [6.45, 7) is 6.77. The number of likely N-dealkylation sites (N-methyl/N-ethyl adjacent to an activating group) is 1. The minimum atomic E-state index is -0.299. The molecule has 0 aliphatic carbocycles. The van der Waals surface area contributed by atoms with Crippen LogP contribution < -0.4 is 20.3 Å². The van der Waals surface area contributed by atoms with Crippen molar-refractivity contribution in [1.82, 2.24) is 19.8 Å². The van der Waals surface area contributed by atoms with Crippen molar-refractivity contribution in [2.24, 2.45) is 10.7 Å². The van der Waals surface area contributed by atoms with Gasteiger partial charge in [0, 0.05) is 80.0 Å². The van der Waals surface area contributed by atoms with Gasteiger partial charge in [0.2, 0.25) is 5.91 Å². The van der Waals surface area contributed by atoms with Crippen molar-refractivity contribution in [2.75, 3.05) is 63.2 Å². The molecule has 3 aliphatic rings. The zero-order valence-electron chi connectivity index (χ0n) is 28.2. The van der Waals surface area contributed by atoms with Gasteiger partial charge in [-0.05, 0) is 62.9 Å². The van der Waals surface area contributed by atoms with Gasteiger partial charge in [0.05, 0.1) is 30.8 Å². The molecule has 4 heterocycles. The lowest BCUT2D eigenvalue weighted by Gasteiger charge is -2.42. The Bertz CT molecular complexity index is 1770. The van der Waals surface area contributed by atoms with E-state index in [1.807, 2.05) is 0 Å². The number of carbonyl (C=O) groups excluding carboxylic acids is 1. The molecule has 2 fully saturated rings. The molecule has 2 saturated heterocycles. The van der Waals surface area contributed by atoms with Crippen molar-refractivity contribution in [3.05, 3.63) is 77.1 Å². The Morgan fingerprint density at radius 2 is 1.94 bits per heavy atom. The largest absolute Gasteiger partial charge is 0.462 e. The second-order valence-corrected chi connectivity index (χ2v) is 12.8. The molecule has 6 rings (SSSR count). The van der Waals surface area contributed by atoms with Crippen molar-refractivity contribution < 1.29 is 9.53 Å². The van der Waals surface area contributed by atoms with E-state index in [1.165, 1.54) is 34.3 Å². The fourth-order valence-corrected chi connectivity index (χ4v) is 7.22. The molecule has 0 unspecified atom stereocenters. The van der Waals surface area contributed by atoms with E-state index in [0.717, 1.165) is 49.4 Å². The summed E-state index contributed by atoms with van der Waals surface area (Å²) < 4.78 is 6.35. The molecule has 0 spiro atoms. The molecule has 2 aromatic carbocycles. The lowest BCUT2D eigenvalue weighted by molar-refractivity contribution is -0.128. The normalized spacial score (nSPS) is 20.5. The quantitative estimate of drug-likeness (QED) is 0.208. The monoisotopic (exact) mass is 647 g/mol. The van der Waals surface area contributed by atoms with Crippen molar-refractivity contribution >= 4 is 34.4 Å². The van der Waals surface area contributed by atoms with Crippen LogP contribution >= 0.6 is 0 Å². The van der Waals surface area contributed by atoms with Crippen molar-refractivity contribution in [1.29, 1.82) is 5.26 Å². The number of ether oxygens (including phenoxy) is 1. The van der Waals surface area contributed by atoms with Crippen LogP contribution in [-0.2, 0) is 17.8 Å². The zero-order chi connectivity index (χ0) is 33.6. The number of nitriles is 1. The Balaban J connectivity index is 1.30. The van der Waals surface area contributed by atoms with Gasteiger partial charge < -0.3 is 30.1 Å². The summed E-state index contributed by atoms with van der Waals surface area (Å²) in [4.78, 5) is 36.1. The van der Waals surface area contributed by atoms with Gasteiger partial charge in [0.25, 0.3) is 0 Å². The molecule has 1 aromatic heterocycles. The maximum Gasteiger partial charge on any atom is 0.318 e. The van der Waals surface area contributed by atoms with Crippen molar-refractivity contribution in [3.8, 4) is 12.1 Å². The maximum atomic E-state index is 13.3. The SMILES string of the molecule is CN=CC(=CN)/C=C/C(=O)N1CCN(c2nc(OC[C@@H]3CCCN3C)nc3c2CCN(c2cccc4cccc(C)c24)C3)C[C@@H]1CC#N. The molecule has 0 saturated carbocycles. The number of rotatable bonds is 9. The van der Waals surface area contributed by atoms with Crippen LogP contribution in [0.15, 0.2) is 65.3 Å². The third-order valence-electron chi connectivity index (χ3n) is 9.81. The van der Waals surface area contributed by atoms with Gasteiger partial charge in [-0.15, -0.1) is 0 Å². The smallest absolute Gasteiger partial charge is 0.318 e. The van der Waals surface area contributed by atoms with Crippen LogP contribution in [0, 0.1) is 18.3 Å². The molecule has 0 bridgehead atoms. The number of aliphatic imine (C=N–C) groups is 1. The number of carbonyl (C=O) groups is 1. The van der Waals surface area contributed by atoms with Gasteiger partial charge in [-0.3, -0.25) is 9.79 Å². The Hall–Kier alpha value is -4.95. The Kier molecular flexibility index (Phi) is 10.2. The third-order valence-corrected chi connectivity index (χ3v) is 9.81. The van der Waals surface area contributed by atoms with E-state index in [1.54, 1.807) is 24.2 Å². The third kappa shape index (κ3) is 6.99. The van der Waals surface area contributed by atoms with E-state index >= 15 is 0 Å². The number of aryl methyl sites for hydroxylation is 1. The molecule has 1 amide bonds. The van der Waals surface area contributed by atoms with E-state index in [0.29, 0.717) is 50.4 Å². The molecule has 0 radical (unpaired) electrons. The highest BCUT2D eigenvalue weighted by Crippen LogP contribution is 2.36. The number of amides is 1. The molecule has 250 valence electrons. The second-order valence-electron chi connectivity index (χ2n) is 12.8. The van der Waals surface area contributed by atoms with Crippen LogP contribution in [0.1, 0.15) is 36.1 Å². The Morgan fingerprint density at radius 1 is 1.10 bits per heavy atom. The number of nitrogens with two attached hydrogens (primary N) is 1. The zero-order valence-corrected chi connectivity index (χ0v) is 28.2. The predicted octanol–water partition coefficient (Wildman–Crippen LogP) is 4.00. The summed E-state index contributed by atoms with van der Waals surface area (Å²) in [7, 11) is 3.79. The number of fused-ring (bicyclic) bond motifs is 2. The lowest BCUT2D eigenvalue weighted by atomic mass is 9.99. The number of piperazine rings is 1. The van der Waals surface area contributed by atoms with Crippen LogP contribution in [-0.4, -0.2) is 97.4 Å². The van der Waals surface area contributed by atoms with E-state index in [4.69, 9.17) is 20.4 Å². The number of benzene rings is 2. The number of nitrogens with zero attached hydrogens (tertiary/aromatic N) is 8. The fourth-order valence-electron chi connectivity index (χ4n) is 7.22. The number of hydrogen-bond acceptors (Lipinski definition) is 10. The number of likely N-dealkylation sites (tertiary alicyclic amines) is 1. The van der Waals surface area contributed by atoms with Crippen molar-refractivity contribution in [3.63, 3.8) is 0 Å². The van der Waals surface area contributed by atoms with Crippen LogP contribution in [0.3, 0.4) is 0 Å². The molecule has 3 aromatic rings. The molecular formula is C37H45N9O2. The highest BCUT2D eigenvalue weighted by Gasteiger charge is 2.34. The van der Waals surface area contributed by atoms with Crippen LogP contribution in [0.5, 0.6) is 6.01 Å². The molecule has 2 N–H and O–H groups in total. The van der Waals surface area contributed by atoms with E-state index in [2.05, 4.69) is 76.1 Å². The molecule has 2 atom stereocenters. The first kappa shape index (κ1) is 33.0. The first-order valence-corrected chi connectivity index (χ1v) is 16.8. The van der Waals surface area contributed by atoms with E-state index < -0.39 is 0 Å². The summed E-state index contributed by atoms with van der Waals surface area (Å²) >= 11 is 0. The fraction of sp³-hybridized carbons (Fsp3) is 0.432. The van der Waals surface area contributed by atoms with Gasteiger partial charge >= 0.3 is 6.01 Å². The second kappa shape index (κ2) is 14.9. The maximum absolute atomic E-state index is 13.3. The minimum Gasteiger partial charge on any atom is -0.462 e. The summed E-state index contributed by atoms with van der Waals surface area (Å²) in [5.41, 5.74) is 10.8. The first-order chi connectivity index (χ1) is 23.4. The molecule has 11 heteroatoms. The van der Waals surface area contributed by atoms with Crippen LogP contribution in [0.2, 0.25) is 0 Å². The minimum absolute atomic E-state index is 0.158.